The quantitative estimate of drug-likeness (QED) is 0.614. The highest BCUT2D eigenvalue weighted by molar-refractivity contribution is 5.94. The van der Waals surface area contributed by atoms with Crippen molar-refractivity contribution in [3.63, 3.8) is 0 Å². The van der Waals surface area contributed by atoms with Crippen LogP contribution in [0.3, 0.4) is 0 Å². The summed E-state index contributed by atoms with van der Waals surface area (Å²) in [6.07, 6.45) is -0.862. The van der Waals surface area contributed by atoms with Crippen LogP contribution in [0.25, 0.3) is 0 Å². The minimum Gasteiger partial charge on any atom is -0.493 e. The van der Waals surface area contributed by atoms with Gasteiger partial charge in [0.05, 0.1) is 14.2 Å². The van der Waals surface area contributed by atoms with Gasteiger partial charge in [-0.15, -0.1) is 5.10 Å². The van der Waals surface area contributed by atoms with Gasteiger partial charge >= 0.3 is 5.97 Å². The number of aromatic nitrogens is 2. The molecule has 1 atom stereocenters. The van der Waals surface area contributed by atoms with Gasteiger partial charge in [-0.2, -0.15) is 10.1 Å². The first kappa shape index (κ1) is 19.2. The smallest absolute Gasteiger partial charge is 0.308 e. The van der Waals surface area contributed by atoms with Crippen molar-refractivity contribution in [1.82, 2.24) is 15.2 Å². The van der Waals surface area contributed by atoms with E-state index in [2.05, 4.69) is 15.3 Å². The van der Waals surface area contributed by atoms with Gasteiger partial charge in [-0.1, -0.05) is 0 Å². The standard InChI is InChI=1S/C18H20N4O6/c1-9-6-13(20-19-9)17-21-22(10(2)23)18(28-17)12-7-14(25-4)16(27-11(3)24)15(8-12)26-5/h6-8,18H,1-5H3,(H,19,20). The molecule has 0 bridgehead atoms. The Bertz CT molecular complexity index is 926. The first-order chi connectivity index (χ1) is 13.3. The second-order valence-electron chi connectivity index (χ2n) is 6.02. The van der Waals surface area contributed by atoms with Crippen LogP contribution in [0.5, 0.6) is 17.2 Å². The summed E-state index contributed by atoms with van der Waals surface area (Å²) >= 11 is 0. The first-order valence-corrected chi connectivity index (χ1v) is 8.35. The summed E-state index contributed by atoms with van der Waals surface area (Å²) in [7, 11) is 2.86. The number of methoxy groups -OCH3 is 2. The molecule has 0 spiro atoms. The second-order valence-corrected chi connectivity index (χ2v) is 6.02. The third-order valence-corrected chi connectivity index (χ3v) is 3.91. The zero-order valence-corrected chi connectivity index (χ0v) is 16.1. The van der Waals surface area contributed by atoms with E-state index in [0.717, 1.165) is 5.69 Å². The van der Waals surface area contributed by atoms with E-state index in [-0.39, 0.29) is 29.1 Å². The van der Waals surface area contributed by atoms with Gasteiger partial charge in [0.25, 0.3) is 5.90 Å². The van der Waals surface area contributed by atoms with Gasteiger partial charge in [-0.05, 0) is 25.1 Å². The number of rotatable bonds is 5. The number of nitrogens with zero attached hydrogens (tertiary/aromatic N) is 3. The summed E-state index contributed by atoms with van der Waals surface area (Å²) in [5, 5.41) is 12.3. The average Bonchev–Trinajstić information content (AvgIpc) is 3.27. The van der Waals surface area contributed by atoms with Crippen molar-refractivity contribution < 1.29 is 28.5 Å². The minimum absolute atomic E-state index is 0.137. The number of hydrazone groups is 1. The summed E-state index contributed by atoms with van der Waals surface area (Å²) in [6.45, 7) is 4.49. The zero-order chi connectivity index (χ0) is 20.4. The molecule has 10 heteroatoms. The topological polar surface area (TPSA) is 115 Å². The predicted molar refractivity (Wildman–Crippen MR) is 97.1 cm³/mol. The predicted octanol–water partition coefficient (Wildman–Crippen LogP) is 1.90. The Balaban J connectivity index is 2.02. The fourth-order valence-corrected chi connectivity index (χ4v) is 2.70. The zero-order valence-electron chi connectivity index (χ0n) is 16.1. The lowest BCUT2D eigenvalue weighted by molar-refractivity contribution is -0.135. The van der Waals surface area contributed by atoms with Gasteiger partial charge in [0.2, 0.25) is 17.9 Å². The normalized spacial score (nSPS) is 15.7. The van der Waals surface area contributed by atoms with Crippen LogP contribution < -0.4 is 14.2 Å². The molecule has 3 rings (SSSR count). The molecule has 1 aromatic heterocycles. The van der Waals surface area contributed by atoms with E-state index in [4.69, 9.17) is 18.9 Å². The first-order valence-electron chi connectivity index (χ1n) is 8.35. The number of carbonyl (C=O) groups is 2. The third kappa shape index (κ3) is 3.61. The number of nitrogens with one attached hydrogen (secondary N) is 1. The van der Waals surface area contributed by atoms with Crippen molar-refractivity contribution in [2.24, 2.45) is 5.10 Å². The van der Waals surface area contributed by atoms with Crippen molar-refractivity contribution >= 4 is 17.8 Å². The van der Waals surface area contributed by atoms with E-state index in [1.54, 1.807) is 18.2 Å². The molecular formula is C18H20N4O6. The van der Waals surface area contributed by atoms with Gasteiger partial charge in [-0.3, -0.25) is 14.7 Å². The Labute approximate surface area is 161 Å². The Kier molecular flexibility index (Phi) is 5.21. The summed E-state index contributed by atoms with van der Waals surface area (Å²) in [5.74, 6) is -0.00808. The molecule has 0 saturated heterocycles. The number of aromatic amines is 1. The molecule has 2 heterocycles. The molecule has 1 unspecified atom stereocenters. The second kappa shape index (κ2) is 7.59. The van der Waals surface area contributed by atoms with E-state index < -0.39 is 12.2 Å². The molecule has 1 aromatic carbocycles. The molecule has 2 aromatic rings. The highest BCUT2D eigenvalue weighted by atomic mass is 16.6. The molecular weight excluding hydrogens is 368 g/mol. The molecule has 148 valence electrons. The van der Waals surface area contributed by atoms with Gasteiger partial charge in [0.15, 0.2) is 11.5 Å². The van der Waals surface area contributed by atoms with E-state index in [9.17, 15) is 9.59 Å². The molecule has 0 radical (unpaired) electrons. The van der Waals surface area contributed by atoms with Crippen LogP contribution >= 0.6 is 0 Å². The summed E-state index contributed by atoms with van der Waals surface area (Å²) in [5.41, 5.74) is 1.82. The Morgan fingerprint density at radius 3 is 2.25 bits per heavy atom. The lowest BCUT2D eigenvalue weighted by atomic mass is 10.1. The third-order valence-electron chi connectivity index (χ3n) is 3.91. The molecule has 0 fully saturated rings. The molecule has 1 aliphatic rings. The largest absolute Gasteiger partial charge is 0.493 e. The van der Waals surface area contributed by atoms with Crippen LogP contribution in [-0.2, 0) is 14.3 Å². The number of amides is 1. The van der Waals surface area contributed by atoms with Crippen LogP contribution in [0.15, 0.2) is 23.3 Å². The number of H-pyrrole nitrogens is 1. The van der Waals surface area contributed by atoms with Crippen molar-refractivity contribution in [2.45, 2.75) is 27.0 Å². The number of aryl methyl sites for hydroxylation is 1. The van der Waals surface area contributed by atoms with E-state index in [1.807, 2.05) is 6.92 Å². The van der Waals surface area contributed by atoms with Crippen LogP contribution in [0, 0.1) is 6.92 Å². The SMILES string of the molecule is COc1cc(C2OC(c3cc(C)[nH]n3)=NN2C(C)=O)cc(OC)c1OC(C)=O. The monoisotopic (exact) mass is 388 g/mol. The van der Waals surface area contributed by atoms with Crippen molar-refractivity contribution in [2.75, 3.05) is 14.2 Å². The van der Waals surface area contributed by atoms with E-state index in [0.29, 0.717) is 11.3 Å². The minimum atomic E-state index is -0.862. The maximum atomic E-state index is 12.1. The molecule has 1 N–H and O–H groups in total. The number of carbonyl (C=O) groups excluding carboxylic acids is 2. The van der Waals surface area contributed by atoms with Crippen molar-refractivity contribution in [1.29, 1.82) is 0 Å². The maximum absolute atomic E-state index is 12.1. The van der Waals surface area contributed by atoms with Gasteiger partial charge in [0, 0.05) is 25.1 Å². The van der Waals surface area contributed by atoms with Gasteiger partial charge in [0.1, 0.15) is 5.69 Å². The highest BCUT2D eigenvalue weighted by Gasteiger charge is 2.35. The van der Waals surface area contributed by atoms with Crippen molar-refractivity contribution in [3.05, 3.63) is 35.2 Å². The molecule has 10 nitrogen and oxygen atoms in total. The number of esters is 1. The van der Waals surface area contributed by atoms with Gasteiger partial charge in [-0.25, -0.2) is 0 Å². The Hall–Kier alpha value is -3.56. The van der Waals surface area contributed by atoms with E-state index in [1.165, 1.54) is 33.1 Å². The lowest BCUT2D eigenvalue weighted by Gasteiger charge is -2.21. The van der Waals surface area contributed by atoms with Crippen LogP contribution in [0.2, 0.25) is 0 Å². The lowest BCUT2D eigenvalue weighted by Crippen LogP contribution is -2.25. The Morgan fingerprint density at radius 2 is 1.79 bits per heavy atom. The number of benzene rings is 1. The van der Waals surface area contributed by atoms with Crippen molar-refractivity contribution in [3.8, 4) is 17.2 Å². The molecule has 0 saturated carbocycles. The molecule has 1 aliphatic heterocycles. The molecule has 0 aliphatic carbocycles. The summed E-state index contributed by atoms with van der Waals surface area (Å²) in [6, 6.07) is 4.94. The summed E-state index contributed by atoms with van der Waals surface area (Å²) < 4.78 is 21.7. The van der Waals surface area contributed by atoms with Gasteiger partial charge < -0.3 is 18.9 Å². The molecule has 28 heavy (non-hydrogen) atoms. The fourth-order valence-electron chi connectivity index (χ4n) is 2.70. The highest BCUT2D eigenvalue weighted by Crippen LogP contribution is 2.42. The Morgan fingerprint density at radius 1 is 1.14 bits per heavy atom. The van der Waals surface area contributed by atoms with Crippen LogP contribution in [-0.4, -0.2) is 47.2 Å². The van der Waals surface area contributed by atoms with Crippen LogP contribution in [0.4, 0.5) is 0 Å². The van der Waals surface area contributed by atoms with Crippen LogP contribution in [0.1, 0.15) is 37.0 Å². The molecule has 1 amide bonds. The number of hydrogen-bond donors (Lipinski definition) is 1. The maximum Gasteiger partial charge on any atom is 0.308 e. The number of ether oxygens (including phenoxy) is 4. The fraction of sp³-hybridized carbons (Fsp3) is 0.333. The average molecular weight is 388 g/mol. The number of hydrogen-bond acceptors (Lipinski definition) is 8. The summed E-state index contributed by atoms with van der Waals surface area (Å²) in [4.78, 5) is 23.5. The van der Waals surface area contributed by atoms with E-state index >= 15 is 0 Å².